The molecule has 1 aromatic carbocycles. The summed E-state index contributed by atoms with van der Waals surface area (Å²) >= 11 is 0. The second-order valence-corrected chi connectivity index (χ2v) is 4.99. The first-order valence-electron chi connectivity index (χ1n) is 6.47. The fourth-order valence-electron chi connectivity index (χ4n) is 1.95. The molecule has 1 aliphatic rings. The monoisotopic (exact) mass is 281 g/mol. The predicted molar refractivity (Wildman–Crippen MR) is 68.4 cm³/mol. The van der Waals surface area contributed by atoms with Gasteiger partial charge in [-0.2, -0.15) is 18.3 Å². The van der Waals surface area contributed by atoms with Gasteiger partial charge in [0, 0.05) is 24.3 Å². The largest absolute Gasteiger partial charge is 0.416 e. The summed E-state index contributed by atoms with van der Waals surface area (Å²) in [5.74, 6) is 0. The summed E-state index contributed by atoms with van der Waals surface area (Å²) in [7, 11) is 0. The lowest BCUT2D eigenvalue weighted by atomic mass is 10.2. The van der Waals surface area contributed by atoms with E-state index in [4.69, 9.17) is 0 Å². The van der Waals surface area contributed by atoms with Gasteiger partial charge in [0.05, 0.1) is 17.4 Å². The second kappa shape index (κ2) is 4.94. The van der Waals surface area contributed by atoms with Crippen LogP contribution in [0.2, 0.25) is 0 Å². The van der Waals surface area contributed by atoms with E-state index >= 15 is 0 Å². The van der Waals surface area contributed by atoms with Crippen molar-refractivity contribution in [2.45, 2.75) is 31.6 Å². The molecule has 0 atom stereocenters. The summed E-state index contributed by atoms with van der Waals surface area (Å²) in [5, 5.41) is 7.54. The number of benzene rings is 1. The zero-order valence-corrected chi connectivity index (χ0v) is 10.7. The minimum absolute atomic E-state index is 0.615. The molecule has 0 bridgehead atoms. The van der Waals surface area contributed by atoms with Gasteiger partial charge in [-0.3, -0.25) is 0 Å². The maximum Gasteiger partial charge on any atom is 0.416 e. The van der Waals surface area contributed by atoms with E-state index in [2.05, 4.69) is 10.4 Å². The molecule has 1 aromatic heterocycles. The zero-order valence-electron chi connectivity index (χ0n) is 10.7. The van der Waals surface area contributed by atoms with Crippen LogP contribution in [0.1, 0.15) is 24.0 Å². The highest BCUT2D eigenvalue weighted by Crippen LogP contribution is 2.29. The van der Waals surface area contributed by atoms with Crippen LogP contribution < -0.4 is 5.32 Å². The minimum atomic E-state index is -4.30. The number of halogens is 3. The molecule has 1 fully saturated rings. The first kappa shape index (κ1) is 13.2. The van der Waals surface area contributed by atoms with Crippen LogP contribution in [0.4, 0.5) is 13.2 Å². The molecule has 3 rings (SSSR count). The van der Waals surface area contributed by atoms with Crippen LogP contribution in [0.25, 0.3) is 5.69 Å². The van der Waals surface area contributed by atoms with Gasteiger partial charge in [0.25, 0.3) is 0 Å². The van der Waals surface area contributed by atoms with E-state index in [0.717, 1.165) is 24.2 Å². The van der Waals surface area contributed by atoms with Gasteiger partial charge < -0.3 is 5.32 Å². The first-order valence-corrected chi connectivity index (χ1v) is 6.47. The summed E-state index contributed by atoms with van der Waals surface area (Å²) in [4.78, 5) is 0. The number of alkyl halides is 3. The molecule has 0 saturated heterocycles. The van der Waals surface area contributed by atoms with E-state index in [-0.39, 0.29) is 0 Å². The van der Waals surface area contributed by atoms with Gasteiger partial charge >= 0.3 is 6.18 Å². The average molecular weight is 281 g/mol. The molecule has 1 N–H and O–H groups in total. The van der Waals surface area contributed by atoms with Gasteiger partial charge in [-0.25, -0.2) is 4.68 Å². The molecule has 0 unspecified atom stereocenters. The highest BCUT2D eigenvalue weighted by atomic mass is 19.4. The van der Waals surface area contributed by atoms with Crippen molar-refractivity contribution in [1.29, 1.82) is 0 Å². The molecule has 0 aliphatic heterocycles. The molecule has 0 amide bonds. The number of hydrogen-bond donors (Lipinski definition) is 1. The highest BCUT2D eigenvalue weighted by molar-refractivity contribution is 5.35. The van der Waals surface area contributed by atoms with Crippen molar-refractivity contribution in [1.82, 2.24) is 15.1 Å². The van der Waals surface area contributed by atoms with E-state index in [0.29, 0.717) is 11.7 Å². The minimum Gasteiger partial charge on any atom is -0.310 e. The van der Waals surface area contributed by atoms with Crippen molar-refractivity contribution in [2.24, 2.45) is 0 Å². The Hall–Kier alpha value is -1.82. The lowest BCUT2D eigenvalue weighted by Gasteiger charge is -2.07. The maximum absolute atomic E-state index is 12.5. The van der Waals surface area contributed by atoms with Gasteiger partial charge in [-0.05, 0) is 37.1 Å². The molecular weight excluding hydrogens is 267 g/mol. The van der Waals surface area contributed by atoms with Gasteiger partial charge in [0.1, 0.15) is 0 Å². The molecule has 6 heteroatoms. The van der Waals surface area contributed by atoms with Gasteiger partial charge in [-0.1, -0.05) is 0 Å². The number of nitrogens with zero attached hydrogens (tertiary/aromatic N) is 2. The standard InChI is InChI=1S/C14H14F3N3/c15-14(16,17)11-1-5-13(6-2-11)20-9-10(8-19-20)7-18-12-3-4-12/h1-2,5-6,8-9,12,18H,3-4,7H2. The summed E-state index contributed by atoms with van der Waals surface area (Å²) in [6, 6.07) is 5.60. The van der Waals surface area contributed by atoms with Gasteiger partial charge in [-0.15, -0.1) is 0 Å². The third kappa shape index (κ3) is 3.01. The van der Waals surface area contributed by atoms with Crippen molar-refractivity contribution >= 4 is 0 Å². The number of aromatic nitrogens is 2. The number of rotatable bonds is 4. The van der Waals surface area contributed by atoms with Crippen LogP contribution in [0.5, 0.6) is 0 Å². The van der Waals surface area contributed by atoms with Crippen LogP contribution >= 0.6 is 0 Å². The van der Waals surface area contributed by atoms with Gasteiger partial charge in [0.15, 0.2) is 0 Å². The summed E-state index contributed by atoms with van der Waals surface area (Å²) in [5.41, 5.74) is 0.997. The zero-order chi connectivity index (χ0) is 14.2. The van der Waals surface area contributed by atoms with E-state index in [1.807, 2.05) is 6.20 Å². The van der Waals surface area contributed by atoms with Crippen LogP contribution in [0, 0.1) is 0 Å². The Morgan fingerprint density at radius 1 is 1.20 bits per heavy atom. The molecule has 106 valence electrons. The van der Waals surface area contributed by atoms with E-state index in [9.17, 15) is 13.2 Å². The lowest BCUT2D eigenvalue weighted by Crippen LogP contribution is -2.14. The van der Waals surface area contributed by atoms with E-state index < -0.39 is 11.7 Å². The molecule has 3 nitrogen and oxygen atoms in total. The Morgan fingerprint density at radius 3 is 2.50 bits per heavy atom. The Bertz CT molecular complexity index is 582. The van der Waals surface area contributed by atoms with Crippen LogP contribution in [0.15, 0.2) is 36.7 Å². The van der Waals surface area contributed by atoms with Crippen molar-refractivity contribution in [3.63, 3.8) is 0 Å². The Morgan fingerprint density at radius 2 is 1.90 bits per heavy atom. The molecule has 1 heterocycles. The molecule has 0 radical (unpaired) electrons. The second-order valence-electron chi connectivity index (χ2n) is 4.99. The van der Waals surface area contributed by atoms with E-state index in [1.54, 1.807) is 10.9 Å². The van der Waals surface area contributed by atoms with Crippen molar-refractivity contribution in [2.75, 3.05) is 0 Å². The number of nitrogens with one attached hydrogen (secondary N) is 1. The number of hydrogen-bond acceptors (Lipinski definition) is 2. The quantitative estimate of drug-likeness (QED) is 0.933. The van der Waals surface area contributed by atoms with Crippen LogP contribution in [-0.4, -0.2) is 15.8 Å². The molecule has 2 aromatic rings. The van der Waals surface area contributed by atoms with Crippen LogP contribution in [0.3, 0.4) is 0 Å². The van der Waals surface area contributed by atoms with Crippen molar-refractivity contribution in [3.05, 3.63) is 47.8 Å². The Labute approximate surface area is 114 Å². The topological polar surface area (TPSA) is 29.9 Å². The van der Waals surface area contributed by atoms with Crippen molar-refractivity contribution in [3.8, 4) is 5.69 Å². The highest BCUT2D eigenvalue weighted by Gasteiger charge is 2.30. The smallest absolute Gasteiger partial charge is 0.310 e. The van der Waals surface area contributed by atoms with E-state index in [1.165, 1.54) is 25.0 Å². The predicted octanol–water partition coefficient (Wildman–Crippen LogP) is 3.14. The van der Waals surface area contributed by atoms with Crippen LogP contribution in [-0.2, 0) is 12.7 Å². The van der Waals surface area contributed by atoms with Gasteiger partial charge in [0.2, 0.25) is 0 Å². The fraction of sp³-hybridized carbons (Fsp3) is 0.357. The summed E-state index contributed by atoms with van der Waals surface area (Å²) in [6.07, 6.45) is 1.69. The molecular formula is C14H14F3N3. The van der Waals surface area contributed by atoms with Crippen molar-refractivity contribution < 1.29 is 13.2 Å². The third-order valence-electron chi connectivity index (χ3n) is 3.27. The molecule has 1 saturated carbocycles. The lowest BCUT2D eigenvalue weighted by molar-refractivity contribution is -0.137. The first-order chi connectivity index (χ1) is 9.52. The molecule has 1 aliphatic carbocycles. The average Bonchev–Trinajstić information content (AvgIpc) is 3.13. The summed E-state index contributed by atoms with van der Waals surface area (Å²) in [6.45, 7) is 0.741. The molecule has 20 heavy (non-hydrogen) atoms. The Balaban J connectivity index is 1.71. The SMILES string of the molecule is FC(F)(F)c1ccc(-n2cc(CNC3CC3)cn2)cc1. The Kier molecular flexibility index (Phi) is 3.25. The summed E-state index contributed by atoms with van der Waals surface area (Å²) < 4.78 is 39.0. The maximum atomic E-state index is 12.5. The molecule has 0 spiro atoms. The fourth-order valence-corrected chi connectivity index (χ4v) is 1.95. The third-order valence-corrected chi connectivity index (χ3v) is 3.27. The normalized spacial score (nSPS) is 15.6.